The van der Waals surface area contributed by atoms with Gasteiger partial charge in [0.2, 0.25) is 0 Å². The Labute approximate surface area is 77.6 Å². The predicted molar refractivity (Wildman–Crippen MR) is 51.7 cm³/mol. The van der Waals surface area contributed by atoms with Crippen LogP contribution in [0.15, 0.2) is 24.3 Å². The van der Waals surface area contributed by atoms with E-state index in [1.54, 1.807) is 12.6 Å². The van der Waals surface area contributed by atoms with Gasteiger partial charge < -0.3 is 15.4 Å². The molecule has 72 valence electrons. The Morgan fingerprint density at radius 3 is 2.62 bits per heavy atom. The summed E-state index contributed by atoms with van der Waals surface area (Å²) in [5.74, 6) is 0.793. The number of hydroxylamine groups is 1. The van der Waals surface area contributed by atoms with Gasteiger partial charge in [0.15, 0.2) is 0 Å². The quantitative estimate of drug-likeness (QED) is 0.477. The molecule has 0 radical (unpaired) electrons. The predicted octanol–water partition coefficient (Wildman–Crippen LogP) is 1.29. The van der Waals surface area contributed by atoms with Gasteiger partial charge in [-0.2, -0.15) is 0 Å². The lowest BCUT2D eigenvalue weighted by atomic mass is 10.2. The summed E-state index contributed by atoms with van der Waals surface area (Å²) in [7, 11) is 3.04. The van der Waals surface area contributed by atoms with E-state index in [0.29, 0.717) is 0 Å². The molecule has 0 saturated carbocycles. The van der Waals surface area contributed by atoms with Crippen LogP contribution in [0.2, 0.25) is 0 Å². The summed E-state index contributed by atoms with van der Waals surface area (Å²) in [6.07, 6.45) is 1.29. The number of ether oxygens (including phenoxy) is 1. The van der Waals surface area contributed by atoms with Crippen molar-refractivity contribution in [3.05, 3.63) is 29.8 Å². The summed E-state index contributed by atoms with van der Waals surface area (Å²) in [6.45, 7) is 0. The lowest BCUT2D eigenvalue weighted by molar-refractivity contribution is 0.194. The summed E-state index contributed by atoms with van der Waals surface area (Å²) in [5.41, 5.74) is 2.61. The largest absolute Gasteiger partial charge is 0.497 e. The summed E-state index contributed by atoms with van der Waals surface area (Å²) < 4.78 is 4.95. The van der Waals surface area contributed by atoms with Gasteiger partial charge in [-0.15, -0.1) is 0 Å². The molecular weight excluding hydrogens is 168 g/mol. The van der Waals surface area contributed by atoms with E-state index in [9.17, 15) is 0 Å². The first-order chi connectivity index (χ1) is 6.28. The Balaban J connectivity index is 0.000000424. The fourth-order valence-electron chi connectivity index (χ4n) is 0.731. The molecule has 3 N–H and O–H groups in total. The lowest BCUT2D eigenvalue weighted by Gasteiger charge is -1.98. The van der Waals surface area contributed by atoms with Crippen molar-refractivity contribution in [1.29, 1.82) is 5.41 Å². The highest BCUT2D eigenvalue weighted by Gasteiger charge is 1.89. The normalized spacial score (nSPS) is 8.23. The van der Waals surface area contributed by atoms with Gasteiger partial charge in [0.1, 0.15) is 5.75 Å². The summed E-state index contributed by atoms with van der Waals surface area (Å²) in [6, 6.07) is 7.38. The molecule has 0 bridgehead atoms. The SMILES string of the molecule is CNO.COc1cccc(C=N)c1. The third-order valence-electron chi connectivity index (χ3n) is 1.26. The van der Waals surface area contributed by atoms with Crippen molar-refractivity contribution in [2.75, 3.05) is 14.2 Å². The molecule has 0 unspecified atom stereocenters. The molecular formula is C9H14N2O2. The zero-order valence-corrected chi connectivity index (χ0v) is 7.74. The van der Waals surface area contributed by atoms with Crippen LogP contribution in [-0.4, -0.2) is 25.6 Å². The van der Waals surface area contributed by atoms with Gasteiger partial charge in [-0.25, -0.2) is 5.48 Å². The molecule has 0 aliphatic carbocycles. The van der Waals surface area contributed by atoms with Crippen LogP contribution in [0.3, 0.4) is 0 Å². The average molecular weight is 182 g/mol. The molecule has 0 fully saturated rings. The van der Waals surface area contributed by atoms with E-state index in [2.05, 4.69) is 0 Å². The van der Waals surface area contributed by atoms with Gasteiger partial charge in [0, 0.05) is 13.3 Å². The van der Waals surface area contributed by atoms with Gasteiger partial charge in [-0.3, -0.25) is 0 Å². The van der Waals surface area contributed by atoms with Crippen LogP contribution in [0, 0.1) is 5.41 Å². The molecule has 0 spiro atoms. The minimum Gasteiger partial charge on any atom is -0.497 e. The second-order valence-corrected chi connectivity index (χ2v) is 2.14. The highest BCUT2D eigenvalue weighted by atomic mass is 16.5. The van der Waals surface area contributed by atoms with Crippen LogP contribution in [0.25, 0.3) is 0 Å². The number of rotatable bonds is 2. The summed E-state index contributed by atoms with van der Waals surface area (Å²) >= 11 is 0. The van der Waals surface area contributed by atoms with Gasteiger partial charge >= 0.3 is 0 Å². The van der Waals surface area contributed by atoms with Gasteiger partial charge in [-0.05, 0) is 17.7 Å². The van der Waals surface area contributed by atoms with Crippen molar-refractivity contribution >= 4 is 6.21 Å². The van der Waals surface area contributed by atoms with Crippen molar-refractivity contribution in [2.24, 2.45) is 0 Å². The van der Waals surface area contributed by atoms with E-state index in [1.807, 2.05) is 24.3 Å². The molecule has 0 amide bonds. The van der Waals surface area contributed by atoms with Crippen LogP contribution in [0.1, 0.15) is 5.56 Å². The van der Waals surface area contributed by atoms with Crippen molar-refractivity contribution < 1.29 is 9.94 Å². The third-order valence-corrected chi connectivity index (χ3v) is 1.26. The maximum atomic E-state index is 7.32. The second-order valence-electron chi connectivity index (χ2n) is 2.14. The maximum Gasteiger partial charge on any atom is 0.119 e. The molecule has 0 saturated heterocycles. The average Bonchev–Trinajstić information content (AvgIpc) is 2.19. The van der Waals surface area contributed by atoms with E-state index < -0.39 is 0 Å². The highest BCUT2D eigenvalue weighted by Crippen LogP contribution is 2.10. The lowest BCUT2D eigenvalue weighted by Crippen LogP contribution is -1.91. The van der Waals surface area contributed by atoms with Gasteiger partial charge in [-0.1, -0.05) is 12.1 Å². The number of nitrogens with one attached hydrogen (secondary N) is 2. The van der Waals surface area contributed by atoms with Gasteiger partial charge in [0.05, 0.1) is 7.11 Å². The monoisotopic (exact) mass is 182 g/mol. The van der Waals surface area contributed by atoms with Crippen LogP contribution in [0.5, 0.6) is 5.75 Å². The van der Waals surface area contributed by atoms with E-state index in [4.69, 9.17) is 15.4 Å². The first-order valence-corrected chi connectivity index (χ1v) is 3.73. The molecule has 0 heterocycles. The van der Waals surface area contributed by atoms with Crippen LogP contribution in [-0.2, 0) is 0 Å². The van der Waals surface area contributed by atoms with E-state index in [0.717, 1.165) is 11.3 Å². The number of benzene rings is 1. The minimum atomic E-state index is 0.793. The Kier molecular flexibility index (Phi) is 6.49. The molecule has 1 rings (SSSR count). The second kappa shape index (κ2) is 7.27. The third kappa shape index (κ3) is 4.95. The minimum absolute atomic E-state index is 0.793. The summed E-state index contributed by atoms with van der Waals surface area (Å²) in [5, 5.41) is 14.3. The Hall–Kier alpha value is -1.39. The van der Waals surface area contributed by atoms with Crippen molar-refractivity contribution in [2.45, 2.75) is 0 Å². The zero-order chi connectivity index (χ0) is 10.1. The first kappa shape index (κ1) is 11.6. The van der Waals surface area contributed by atoms with Crippen molar-refractivity contribution in [3.8, 4) is 5.75 Å². The highest BCUT2D eigenvalue weighted by molar-refractivity contribution is 5.77. The number of hydrogen-bond acceptors (Lipinski definition) is 4. The molecule has 0 aliphatic rings. The number of hydrogen-bond donors (Lipinski definition) is 3. The molecule has 1 aromatic carbocycles. The molecule has 1 aromatic rings. The van der Waals surface area contributed by atoms with Crippen molar-refractivity contribution in [1.82, 2.24) is 5.48 Å². The van der Waals surface area contributed by atoms with Gasteiger partial charge in [0.25, 0.3) is 0 Å². The molecule has 13 heavy (non-hydrogen) atoms. The zero-order valence-electron chi connectivity index (χ0n) is 7.74. The summed E-state index contributed by atoms with van der Waals surface area (Å²) in [4.78, 5) is 0. The van der Waals surface area contributed by atoms with Crippen molar-refractivity contribution in [3.63, 3.8) is 0 Å². The van der Waals surface area contributed by atoms with Crippen LogP contribution in [0.4, 0.5) is 0 Å². The molecule has 4 heteroatoms. The van der Waals surface area contributed by atoms with E-state index >= 15 is 0 Å². The Morgan fingerprint density at radius 1 is 1.54 bits per heavy atom. The molecule has 0 atom stereocenters. The standard InChI is InChI=1S/C8H9NO.CH5NO/c1-10-8-4-2-3-7(5-8)6-9;1-2-3/h2-6,9H,1H3;2-3H,1H3. The first-order valence-electron chi connectivity index (χ1n) is 3.73. The Morgan fingerprint density at radius 2 is 2.15 bits per heavy atom. The Bertz CT molecular complexity index is 251. The fraction of sp³-hybridized carbons (Fsp3) is 0.222. The van der Waals surface area contributed by atoms with Crippen LogP contribution < -0.4 is 10.2 Å². The van der Waals surface area contributed by atoms with E-state index in [-0.39, 0.29) is 0 Å². The molecule has 4 nitrogen and oxygen atoms in total. The number of methoxy groups -OCH3 is 1. The topological polar surface area (TPSA) is 65.3 Å². The molecule has 0 aromatic heterocycles. The van der Waals surface area contributed by atoms with Crippen LogP contribution >= 0.6 is 0 Å². The smallest absolute Gasteiger partial charge is 0.119 e. The maximum absolute atomic E-state index is 7.32. The van der Waals surface area contributed by atoms with E-state index in [1.165, 1.54) is 13.3 Å². The molecule has 0 aliphatic heterocycles. The fourth-order valence-corrected chi connectivity index (χ4v) is 0.731.